The van der Waals surface area contributed by atoms with Crippen molar-refractivity contribution in [1.29, 1.82) is 0 Å². The zero-order valence-corrected chi connectivity index (χ0v) is 24.4. The molecule has 2 amide bonds. The Hall–Kier alpha value is -4.97. The van der Waals surface area contributed by atoms with Crippen LogP contribution in [0.5, 0.6) is 23.0 Å². The predicted octanol–water partition coefficient (Wildman–Crippen LogP) is 2.47. The Kier molecular flexibility index (Phi) is 11.6. The molecule has 12 nitrogen and oxygen atoms in total. The third-order valence-electron chi connectivity index (χ3n) is 7.10. The van der Waals surface area contributed by atoms with Crippen molar-refractivity contribution >= 4 is 23.4 Å². The maximum Gasteiger partial charge on any atom is 0.255 e. The van der Waals surface area contributed by atoms with Gasteiger partial charge in [0.2, 0.25) is 11.8 Å². The number of unbranched alkanes of at least 4 members (excludes halogenated alkanes) is 1. The van der Waals surface area contributed by atoms with Crippen LogP contribution in [0.25, 0.3) is 0 Å². The number of aliphatic imine (C=N–C) groups is 1. The number of phenols is 4. The summed E-state index contributed by atoms with van der Waals surface area (Å²) in [6, 6.07) is 18.1. The zero-order chi connectivity index (χ0) is 31.3. The number of para-hydroxylation sites is 3. The van der Waals surface area contributed by atoms with E-state index in [9.17, 15) is 30.0 Å². The number of aromatic hydroxyl groups is 4. The monoisotopic (exact) mass is 605 g/mol. The van der Waals surface area contributed by atoms with Gasteiger partial charge in [0.1, 0.15) is 6.61 Å². The number of hydrogen-bond acceptors (Lipinski definition) is 10. The van der Waals surface area contributed by atoms with Crippen LogP contribution in [0.4, 0.5) is 5.69 Å². The molecule has 4 rings (SSSR count). The summed E-state index contributed by atoms with van der Waals surface area (Å²) in [7, 11) is 0. The molecule has 44 heavy (non-hydrogen) atoms. The highest BCUT2D eigenvalue weighted by atomic mass is 16.5. The van der Waals surface area contributed by atoms with Gasteiger partial charge >= 0.3 is 0 Å². The van der Waals surface area contributed by atoms with Gasteiger partial charge in [-0.1, -0.05) is 30.3 Å². The molecular formula is C32H39N5O7. The van der Waals surface area contributed by atoms with E-state index in [0.717, 1.165) is 38.2 Å². The van der Waals surface area contributed by atoms with Crippen molar-refractivity contribution in [3.63, 3.8) is 0 Å². The maximum atomic E-state index is 12.5. The number of carbonyl (C=O) groups excluding carboxylic acids is 2. The summed E-state index contributed by atoms with van der Waals surface area (Å²) < 4.78 is 5.46. The first-order valence-corrected chi connectivity index (χ1v) is 14.6. The van der Waals surface area contributed by atoms with Crippen LogP contribution in [0, 0.1) is 0 Å². The lowest BCUT2D eigenvalue weighted by Gasteiger charge is -2.25. The molecule has 0 saturated heterocycles. The van der Waals surface area contributed by atoms with E-state index in [1.807, 2.05) is 18.2 Å². The lowest BCUT2D eigenvalue weighted by atomic mass is 10.1. The van der Waals surface area contributed by atoms with Crippen LogP contribution in [0.15, 0.2) is 71.7 Å². The molecule has 3 aromatic rings. The number of amides is 2. The second-order valence-corrected chi connectivity index (χ2v) is 10.3. The standard InChI is InChI=1S/C32H39N5O7/c38-26-13-6-11-23(28(26)40)30(42)34-16-8-20-37(22-9-2-1-3-10-22)19-5-4-15-33-17-18-35-31(43)25-21-44-32(36-25)24-12-7-14-27(39)29(24)41/h1-3,6-7,9-14,25,33,38-41H,4-5,8,15-21H2,(H,34,42)(H,35,43)/t25-/m0/s1. The molecule has 7 N–H and O–H groups in total. The molecule has 1 aliphatic heterocycles. The van der Waals surface area contributed by atoms with Crippen LogP contribution < -0.4 is 20.9 Å². The van der Waals surface area contributed by atoms with Gasteiger partial charge in [-0.3, -0.25) is 9.59 Å². The van der Waals surface area contributed by atoms with Crippen molar-refractivity contribution < 1.29 is 34.8 Å². The minimum atomic E-state index is -0.720. The molecule has 0 unspecified atom stereocenters. The smallest absolute Gasteiger partial charge is 0.255 e. The summed E-state index contributed by atoms with van der Waals surface area (Å²) in [6.07, 6.45) is 2.57. The number of nitrogens with zero attached hydrogens (tertiary/aromatic N) is 2. The van der Waals surface area contributed by atoms with Crippen molar-refractivity contribution in [2.24, 2.45) is 4.99 Å². The minimum Gasteiger partial charge on any atom is -0.504 e. The number of rotatable bonds is 16. The topological polar surface area (TPSA) is 176 Å². The molecule has 234 valence electrons. The van der Waals surface area contributed by atoms with Crippen LogP contribution in [-0.2, 0) is 9.53 Å². The molecule has 1 heterocycles. The Labute approximate surface area is 256 Å². The average Bonchev–Trinajstić information content (AvgIpc) is 3.52. The van der Waals surface area contributed by atoms with Gasteiger partial charge in [0.25, 0.3) is 5.91 Å². The first-order chi connectivity index (χ1) is 21.3. The molecule has 1 aliphatic rings. The zero-order valence-electron chi connectivity index (χ0n) is 24.4. The average molecular weight is 606 g/mol. The fraction of sp³-hybridized carbons (Fsp3) is 0.344. The summed E-state index contributed by atoms with van der Waals surface area (Å²) in [5.41, 5.74) is 1.38. The first-order valence-electron chi connectivity index (χ1n) is 14.6. The van der Waals surface area contributed by atoms with Gasteiger partial charge in [-0.25, -0.2) is 4.99 Å². The highest BCUT2D eigenvalue weighted by Crippen LogP contribution is 2.30. The largest absolute Gasteiger partial charge is 0.504 e. The molecular weight excluding hydrogens is 566 g/mol. The van der Waals surface area contributed by atoms with E-state index in [1.165, 1.54) is 24.3 Å². The van der Waals surface area contributed by atoms with Crippen molar-refractivity contribution in [1.82, 2.24) is 16.0 Å². The van der Waals surface area contributed by atoms with E-state index in [-0.39, 0.29) is 46.8 Å². The molecule has 12 heteroatoms. The Morgan fingerprint density at radius 1 is 0.773 bits per heavy atom. The Balaban J connectivity index is 1.12. The number of nitrogens with one attached hydrogen (secondary N) is 3. The van der Waals surface area contributed by atoms with E-state index < -0.39 is 17.7 Å². The molecule has 0 aromatic heterocycles. The molecule has 3 aromatic carbocycles. The van der Waals surface area contributed by atoms with Gasteiger partial charge in [-0.15, -0.1) is 0 Å². The normalized spacial score (nSPS) is 14.0. The Morgan fingerprint density at radius 3 is 2.30 bits per heavy atom. The number of ether oxygens (including phenoxy) is 1. The van der Waals surface area contributed by atoms with Crippen LogP contribution in [0.2, 0.25) is 0 Å². The molecule has 1 atom stereocenters. The van der Waals surface area contributed by atoms with Crippen LogP contribution >= 0.6 is 0 Å². The highest BCUT2D eigenvalue weighted by molar-refractivity contribution is 6.01. The van der Waals surface area contributed by atoms with Gasteiger partial charge in [-0.05, 0) is 62.2 Å². The number of phenolic OH excluding ortho intramolecular Hbond substituents is 4. The summed E-state index contributed by atoms with van der Waals surface area (Å²) >= 11 is 0. The van der Waals surface area contributed by atoms with Gasteiger partial charge in [0.15, 0.2) is 29.0 Å². The molecule has 0 spiro atoms. The molecule has 0 saturated carbocycles. The van der Waals surface area contributed by atoms with Gasteiger partial charge in [-0.2, -0.15) is 0 Å². The van der Waals surface area contributed by atoms with E-state index in [4.69, 9.17) is 4.74 Å². The fourth-order valence-corrected chi connectivity index (χ4v) is 4.72. The van der Waals surface area contributed by atoms with E-state index in [0.29, 0.717) is 26.1 Å². The summed E-state index contributed by atoms with van der Waals surface area (Å²) in [6.45, 7) is 3.86. The van der Waals surface area contributed by atoms with Crippen molar-refractivity contribution in [2.75, 3.05) is 50.8 Å². The SMILES string of the molecule is O=C(NCCCN(CCCCNCCNC(=O)[C@@H]1COC(c2cccc(O)c2O)=N1)c1ccccc1)c1cccc(O)c1O. The third-order valence-corrected chi connectivity index (χ3v) is 7.10. The van der Waals surface area contributed by atoms with Crippen molar-refractivity contribution in [2.45, 2.75) is 25.3 Å². The molecule has 0 radical (unpaired) electrons. The molecule has 0 fully saturated rings. The summed E-state index contributed by atoms with van der Waals surface area (Å²) in [5.74, 6) is -1.95. The predicted molar refractivity (Wildman–Crippen MR) is 167 cm³/mol. The van der Waals surface area contributed by atoms with E-state index >= 15 is 0 Å². The minimum absolute atomic E-state index is 0.0401. The fourth-order valence-electron chi connectivity index (χ4n) is 4.72. The second kappa shape index (κ2) is 16.0. The molecule has 0 aliphatic carbocycles. The van der Waals surface area contributed by atoms with Crippen LogP contribution in [0.3, 0.4) is 0 Å². The summed E-state index contributed by atoms with van der Waals surface area (Å²) in [5, 5.41) is 48.2. The quantitative estimate of drug-likeness (QED) is 0.0955. The lowest BCUT2D eigenvalue weighted by molar-refractivity contribution is -0.122. The number of benzene rings is 3. The number of hydrogen-bond donors (Lipinski definition) is 7. The Bertz CT molecular complexity index is 1430. The van der Waals surface area contributed by atoms with Crippen molar-refractivity contribution in [3.05, 3.63) is 77.9 Å². The molecule has 0 bridgehead atoms. The van der Waals surface area contributed by atoms with E-state index in [2.05, 4.69) is 38.0 Å². The van der Waals surface area contributed by atoms with Gasteiger partial charge in [0.05, 0.1) is 11.1 Å². The van der Waals surface area contributed by atoms with Crippen LogP contribution in [0.1, 0.15) is 35.2 Å². The Morgan fingerprint density at radius 2 is 1.50 bits per heavy atom. The second-order valence-electron chi connectivity index (χ2n) is 10.3. The summed E-state index contributed by atoms with van der Waals surface area (Å²) in [4.78, 5) is 31.4. The first kappa shape index (κ1) is 32.0. The highest BCUT2D eigenvalue weighted by Gasteiger charge is 2.28. The van der Waals surface area contributed by atoms with Gasteiger partial charge in [0, 0.05) is 38.4 Å². The maximum absolute atomic E-state index is 12.5. The van der Waals surface area contributed by atoms with Crippen molar-refractivity contribution in [3.8, 4) is 23.0 Å². The lowest BCUT2D eigenvalue weighted by Crippen LogP contribution is -2.38. The third kappa shape index (κ3) is 8.77. The van der Waals surface area contributed by atoms with E-state index in [1.54, 1.807) is 12.1 Å². The van der Waals surface area contributed by atoms with Gasteiger partial charge < -0.3 is 46.0 Å². The van der Waals surface area contributed by atoms with Crippen LogP contribution in [-0.4, -0.2) is 90.1 Å². The number of carbonyl (C=O) groups is 2. The number of anilines is 1.